The number of carboxylic acids is 1. The van der Waals surface area contributed by atoms with Crippen LogP contribution in [-0.4, -0.2) is 82.3 Å². The second-order valence-corrected chi connectivity index (χ2v) is 13.5. The average molecular weight is 693 g/mol. The first-order chi connectivity index (χ1) is 23.2. The van der Waals surface area contributed by atoms with E-state index >= 15 is 0 Å². The molecule has 0 unspecified atom stereocenters. The van der Waals surface area contributed by atoms with E-state index < -0.39 is 42.5 Å². The van der Waals surface area contributed by atoms with E-state index in [0.29, 0.717) is 44.3 Å². The van der Waals surface area contributed by atoms with Gasteiger partial charge in [-0.1, -0.05) is 96.1 Å². The molecule has 0 aromatic heterocycles. The molecular formula is C37H57N4NaO7. The number of benzene rings is 1. The molecule has 0 radical (unpaired) electrons. The summed E-state index contributed by atoms with van der Waals surface area (Å²) in [7, 11) is 0. The number of amides is 4. The fourth-order valence-corrected chi connectivity index (χ4v) is 6.85. The molecule has 3 atom stereocenters. The summed E-state index contributed by atoms with van der Waals surface area (Å²) in [6.07, 6.45) is 18.8. The fourth-order valence-electron chi connectivity index (χ4n) is 6.85. The van der Waals surface area contributed by atoms with E-state index in [1.807, 2.05) is 0 Å². The molecule has 0 spiro atoms. The van der Waals surface area contributed by atoms with Crippen molar-refractivity contribution in [3.8, 4) is 5.75 Å². The van der Waals surface area contributed by atoms with Crippen molar-refractivity contribution in [2.45, 2.75) is 147 Å². The normalized spacial score (nSPS) is 17.7. The van der Waals surface area contributed by atoms with Crippen molar-refractivity contribution < 1.29 is 63.7 Å². The first-order valence-corrected chi connectivity index (χ1v) is 18.4. The molecule has 0 bridgehead atoms. The maximum atomic E-state index is 13.6. The van der Waals surface area contributed by atoms with E-state index in [-0.39, 0.29) is 53.5 Å². The van der Waals surface area contributed by atoms with Gasteiger partial charge in [-0.2, -0.15) is 0 Å². The minimum Gasteiger partial charge on any atom is -0.548 e. The van der Waals surface area contributed by atoms with Crippen LogP contribution in [0.15, 0.2) is 24.3 Å². The van der Waals surface area contributed by atoms with Crippen molar-refractivity contribution in [1.82, 2.24) is 20.4 Å². The molecular weight excluding hydrogens is 635 g/mol. The van der Waals surface area contributed by atoms with Crippen molar-refractivity contribution in [3.63, 3.8) is 0 Å². The van der Waals surface area contributed by atoms with Crippen molar-refractivity contribution in [1.29, 1.82) is 0 Å². The zero-order valence-corrected chi connectivity index (χ0v) is 31.9. The predicted octanol–water partition coefficient (Wildman–Crippen LogP) is 0.753. The van der Waals surface area contributed by atoms with Gasteiger partial charge in [0, 0.05) is 19.5 Å². The van der Waals surface area contributed by atoms with Gasteiger partial charge in [-0.05, 0) is 56.2 Å². The number of aliphatic carboxylic acids is 1. The molecule has 2 fully saturated rings. The molecule has 11 nitrogen and oxygen atoms in total. The third-order valence-corrected chi connectivity index (χ3v) is 9.61. The molecule has 1 aromatic rings. The number of carboxylic acid groups (broad SMARTS) is 1. The van der Waals surface area contributed by atoms with Gasteiger partial charge in [-0.25, -0.2) is 0 Å². The Hall–Kier alpha value is -2.63. The van der Waals surface area contributed by atoms with Crippen LogP contribution in [-0.2, 0) is 30.4 Å². The quantitative estimate of drug-likeness (QED) is 0.120. The first kappa shape index (κ1) is 42.5. The summed E-state index contributed by atoms with van der Waals surface area (Å²) in [5, 5.41) is 25.9. The van der Waals surface area contributed by atoms with Crippen molar-refractivity contribution >= 4 is 29.6 Å². The van der Waals surface area contributed by atoms with E-state index in [2.05, 4.69) is 17.6 Å². The molecule has 49 heavy (non-hydrogen) atoms. The number of carbonyl (C=O) groups excluding carboxylic acids is 5. The van der Waals surface area contributed by atoms with Crippen LogP contribution in [0.5, 0.6) is 5.75 Å². The molecule has 3 rings (SSSR count). The zero-order chi connectivity index (χ0) is 34.7. The van der Waals surface area contributed by atoms with Gasteiger partial charge in [0.25, 0.3) is 0 Å². The molecule has 268 valence electrons. The number of unbranched alkanes of at least 4 members (excludes halogenated alkanes) is 12. The Kier molecular flexibility index (Phi) is 20.6. The third-order valence-electron chi connectivity index (χ3n) is 9.61. The van der Waals surface area contributed by atoms with E-state index in [0.717, 1.165) is 25.7 Å². The Labute approximate surface area is 314 Å². The molecule has 0 aliphatic carbocycles. The standard InChI is InChI=1S/C37H58N4O7.Na/c1-2-3-4-5-6-7-8-9-10-11-12-13-14-19-34(44)40-24-16-18-32(40)36(46)41-25-15-17-31(41)35(45)38-27-33(43)39-30(37(47)48)26-28-20-22-29(42)23-21-28;/h20-23,30-32,42H,2-19,24-27H2,1H3,(H,38,45)(H,39,43)(H,47,48);/q;+1/p-1/t30-,31-,32-;/m0./s1. The van der Waals surface area contributed by atoms with E-state index in [4.69, 9.17) is 0 Å². The summed E-state index contributed by atoms with van der Waals surface area (Å²) in [5.74, 6) is -2.85. The van der Waals surface area contributed by atoms with E-state index in [1.165, 1.54) is 81.2 Å². The SMILES string of the molecule is CCCCCCCCCCCCCCCC(=O)N1CCC[C@H]1C(=O)N1CCC[C@H]1C(=O)NCC(=O)N[C@@H](Cc1ccc(O)cc1)C(=O)[O-].[Na+]. The van der Waals surface area contributed by atoms with Gasteiger partial charge in [-0.15, -0.1) is 0 Å². The van der Waals surface area contributed by atoms with Gasteiger partial charge in [0.05, 0.1) is 18.6 Å². The molecule has 12 heteroatoms. The maximum absolute atomic E-state index is 13.6. The number of carbonyl (C=O) groups is 5. The van der Waals surface area contributed by atoms with Crippen LogP contribution in [0.1, 0.15) is 128 Å². The number of likely N-dealkylation sites (tertiary alicyclic amines) is 2. The summed E-state index contributed by atoms with van der Waals surface area (Å²) in [4.78, 5) is 67.1. The number of aromatic hydroxyl groups is 1. The number of nitrogens with one attached hydrogen (secondary N) is 2. The Morgan fingerprint density at radius 2 is 1.33 bits per heavy atom. The van der Waals surface area contributed by atoms with Crippen LogP contribution in [0.3, 0.4) is 0 Å². The van der Waals surface area contributed by atoms with Crippen LogP contribution in [0.2, 0.25) is 0 Å². The van der Waals surface area contributed by atoms with Gasteiger partial charge in [0.2, 0.25) is 23.6 Å². The number of rotatable bonds is 22. The molecule has 4 amide bonds. The smallest absolute Gasteiger partial charge is 0.548 e. The van der Waals surface area contributed by atoms with E-state index in [1.54, 1.807) is 17.0 Å². The fraction of sp³-hybridized carbons (Fsp3) is 0.703. The summed E-state index contributed by atoms with van der Waals surface area (Å²) in [5.41, 5.74) is 0.579. The minimum atomic E-state index is -1.47. The van der Waals surface area contributed by atoms with Crippen molar-refractivity contribution in [2.75, 3.05) is 19.6 Å². The summed E-state index contributed by atoms with van der Waals surface area (Å²) in [6.45, 7) is 2.74. The second-order valence-electron chi connectivity index (χ2n) is 13.5. The van der Waals surface area contributed by atoms with Crippen LogP contribution in [0, 0.1) is 0 Å². The Balaban J connectivity index is 0.00000833. The Morgan fingerprint density at radius 3 is 1.90 bits per heavy atom. The predicted molar refractivity (Wildman–Crippen MR) is 182 cm³/mol. The zero-order valence-electron chi connectivity index (χ0n) is 29.9. The van der Waals surface area contributed by atoms with Crippen LogP contribution >= 0.6 is 0 Å². The molecule has 3 N–H and O–H groups in total. The summed E-state index contributed by atoms with van der Waals surface area (Å²) < 4.78 is 0. The number of nitrogens with zero attached hydrogens (tertiary/aromatic N) is 2. The third kappa shape index (κ3) is 15.0. The van der Waals surface area contributed by atoms with Gasteiger partial charge in [0.1, 0.15) is 17.8 Å². The average Bonchev–Trinajstić information content (AvgIpc) is 3.77. The second kappa shape index (κ2) is 23.7. The first-order valence-electron chi connectivity index (χ1n) is 18.4. The number of hydrogen-bond acceptors (Lipinski definition) is 7. The topological polar surface area (TPSA) is 159 Å². The van der Waals surface area contributed by atoms with Gasteiger partial charge >= 0.3 is 29.6 Å². The Bertz CT molecular complexity index is 1180. The number of phenols is 1. The minimum absolute atomic E-state index is 0. The monoisotopic (exact) mass is 692 g/mol. The van der Waals surface area contributed by atoms with E-state index in [9.17, 15) is 34.2 Å². The molecule has 2 saturated heterocycles. The molecule has 2 aliphatic heterocycles. The van der Waals surface area contributed by atoms with Crippen molar-refractivity contribution in [3.05, 3.63) is 29.8 Å². The summed E-state index contributed by atoms with van der Waals surface area (Å²) in [6, 6.07) is 3.28. The number of hydrogen-bond donors (Lipinski definition) is 3. The van der Waals surface area contributed by atoms with Crippen LogP contribution in [0.25, 0.3) is 0 Å². The van der Waals surface area contributed by atoms with Crippen LogP contribution < -0.4 is 45.3 Å². The Morgan fingerprint density at radius 1 is 0.796 bits per heavy atom. The van der Waals surface area contributed by atoms with Gasteiger partial charge in [-0.3, -0.25) is 19.2 Å². The van der Waals surface area contributed by atoms with Gasteiger partial charge in [0.15, 0.2) is 0 Å². The molecule has 0 saturated carbocycles. The molecule has 1 aromatic carbocycles. The number of phenolic OH excluding ortho intramolecular Hbond substituents is 1. The summed E-state index contributed by atoms with van der Waals surface area (Å²) >= 11 is 0. The van der Waals surface area contributed by atoms with Gasteiger partial charge < -0.3 is 35.4 Å². The maximum Gasteiger partial charge on any atom is 1.00 e. The van der Waals surface area contributed by atoms with Crippen LogP contribution in [0.4, 0.5) is 0 Å². The van der Waals surface area contributed by atoms with Crippen molar-refractivity contribution in [2.24, 2.45) is 0 Å². The molecule has 2 heterocycles. The largest absolute Gasteiger partial charge is 1.00 e. The molecule has 2 aliphatic rings.